The first kappa shape index (κ1) is 76.2. The zero-order chi connectivity index (χ0) is 71.6. The Balaban J connectivity index is 0.000000188. The number of hydrogen-bond donors (Lipinski definition) is 9. The van der Waals surface area contributed by atoms with E-state index in [9.17, 15) is 44.1 Å². The van der Waals surface area contributed by atoms with Crippen molar-refractivity contribution in [2.75, 3.05) is 35.6 Å². The third kappa shape index (κ3) is 18.8. The van der Waals surface area contributed by atoms with E-state index >= 15 is 0 Å². The molecule has 0 aromatic carbocycles. The molecule has 6 amide bonds. The number of nitrogens with zero attached hydrogens (tertiary/aromatic N) is 9. The van der Waals surface area contributed by atoms with E-state index < -0.39 is 42.2 Å². The number of aliphatic hydroxyl groups is 3. The lowest BCUT2D eigenvalue weighted by molar-refractivity contribution is 0.0734. The Morgan fingerprint density at radius 2 is 0.786 bits per heavy atom. The maximum absolute atomic E-state index is 13.4. The van der Waals surface area contributed by atoms with Gasteiger partial charge in [-0.2, -0.15) is 0 Å². The molecule has 0 unspecified atom stereocenters. The highest BCUT2D eigenvalue weighted by Crippen LogP contribution is 2.39. The number of hydrogen-bond acceptors (Lipinski definition) is 21. The molecule has 0 radical (unpaired) electrons. The van der Waals surface area contributed by atoms with Crippen LogP contribution in [0.2, 0.25) is 0 Å². The topological polar surface area (TPSA) is 322 Å². The Morgan fingerprint density at radius 1 is 0.500 bits per heavy atom. The van der Waals surface area contributed by atoms with Gasteiger partial charge in [-0.05, 0) is 189 Å². The van der Waals surface area contributed by atoms with E-state index in [4.69, 9.17) is 0 Å². The van der Waals surface area contributed by atoms with Crippen LogP contribution in [0.5, 0.6) is 0 Å². The molecule has 1 aliphatic carbocycles. The number of carbonyl (C=O) groups excluding carboxylic acids is 6. The molecule has 4 fully saturated rings. The highest BCUT2D eigenvalue weighted by atomic mass is 32.1. The number of likely N-dealkylation sites (tertiary alicyclic amines) is 3. The molecule has 98 heavy (non-hydrogen) atoms. The van der Waals surface area contributed by atoms with Gasteiger partial charge < -0.3 is 61.9 Å². The Morgan fingerprint density at radius 3 is 1.02 bits per heavy atom. The van der Waals surface area contributed by atoms with Crippen LogP contribution in [0.1, 0.15) is 232 Å². The van der Waals surface area contributed by atoms with E-state index in [1.807, 2.05) is 74.4 Å². The van der Waals surface area contributed by atoms with Gasteiger partial charge >= 0.3 is 0 Å². The molecule has 6 aromatic heterocycles. The molecule has 4 aliphatic rings. The van der Waals surface area contributed by atoms with Crippen molar-refractivity contribution in [3.63, 3.8) is 0 Å². The van der Waals surface area contributed by atoms with E-state index in [0.29, 0.717) is 64.5 Å². The summed E-state index contributed by atoms with van der Waals surface area (Å²) in [5, 5.41) is 48.1. The predicted octanol–water partition coefficient (Wildman–Crippen LogP) is 10.9. The predicted molar refractivity (Wildman–Crippen MR) is 389 cm³/mol. The summed E-state index contributed by atoms with van der Waals surface area (Å²) in [5.74, 6) is 0.726. The van der Waals surface area contributed by atoms with Crippen molar-refractivity contribution in [1.29, 1.82) is 0 Å². The standard InChI is InChI=1S/2C24H35N5O3S.C23H31N5O3S/c2*1-7-14(3)26-19-11-13(2)18(12-25-19)21-20(24(32)29-10-8-9-15(29)4)28-23(33-21)22(31)27-16(5)17(6)30;1-5-13(3)25-18-9-12(2)15(11-24-18)20-19(23(31)28-8-6-7-14(28)4)27-22(32-20)21(30)26-16-10-17(16)29/h2*11-12,14-17,30H,7-10H2,1-6H3,(H,25,26)(H,27,31);9,11,13-14,16-17,29H,5-8,10H2,1-4H3,(H,24,25)(H,26,30)/t14-,15+,16+,17+;14-,15+,16-,17-;13-,14+,16-,17+/m111/s1. The number of aromatic nitrogens is 6. The van der Waals surface area contributed by atoms with Crippen molar-refractivity contribution >= 4 is 86.9 Å². The first-order chi connectivity index (χ1) is 46.5. The van der Waals surface area contributed by atoms with E-state index in [2.05, 4.69) is 103 Å². The second-order valence-electron chi connectivity index (χ2n) is 27.0. The molecule has 12 atom stereocenters. The number of pyridine rings is 3. The Labute approximate surface area is 588 Å². The van der Waals surface area contributed by atoms with Crippen molar-refractivity contribution in [3.05, 3.63) is 85.6 Å². The number of amides is 6. The number of nitrogens with one attached hydrogen (secondary N) is 6. The zero-order valence-corrected chi connectivity index (χ0v) is 62.1. The molecule has 9 N–H and O–H groups in total. The molecule has 24 nitrogen and oxygen atoms in total. The van der Waals surface area contributed by atoms with Crippen LogP contribution in [-0.2, 0) is 0 Å². The molecule has 27 heteroatoms. The summed E-state index contributed by atoms with van der Waals surface area (Å²) in [5.41, 5.74) is 6.13. The first-order valence-electron chi connectivity index (χ1n) is 34.6. The lowest BCUT2D eigenvalue weighted by atomic mass is 10.1. The minimum Gasteiger partial charge on any atom is -0.391 e. The van der Waals surface area contributed by atoms with Gasteiger partial charge in [-0.15, -0.1) is 34.0 Å². The van der Waals surface area contributed by atoms with Gasteiger partial charge in [-0.25, -0.2) is 29.9 Å². The van der Waals surface area contributed by atoms with Crippen molar-refractivity contribution in [2.24, 2.45) is 0 Å². The maximum Gasteiger partial charge on any atom is 0.280 e. The summed E-state index contributed by atoms with van der Waals surface area (Å²) in [6, 6.07) is 6.12. The van der Waals surface area contributed by atoms with Crippen LogP contribution in [0.4, 0.5) is 17.5 Å². The Bertz CT molecular complexity index is 3640. The molecule has 3 aliphatic heterocycles. The van der Waals surface area contributed by atoms with Crippen LogP contribution in [0, 0.1) is 20.8 Å². The number of aryl methyl sites for hydroxylation is 3. The van der Waals surface area contributed by atoms with E-state index in [0.717, 1.165) is 109 Å². The lowest BCUT2D eigenvalue weighted by Gasteiger charge is -2.21. The van der Waals surface area contributed by atoms with Gasteiger partial charge in [0.1, 0.15) is 34.5 Å². The van der Waals surface area contributed by atoms with Crippen LogP contribution >= 0.6 is 34.0 Å². The lowest BCUT2D eigenvalue weighted by Crippen LogP contribution is -2.39. The van der Waals surface area contributed by atoms with Crippen LogP contribution < -0.4 is 31.9 Å². The number of rotatable bonds is 23. The molecular weight excluding hydrogens is 1300 g/mol. The van der Waals surface area contributed by atoms with Gasteiger partial charge in [-0.3, -0.25) is 28.8 Å². The smallest absolute Gasteiger partial charge is 0.280 e. The molecule has 10 rings (SSSR count). The second kappa shape index (κ2) is 34.0. The van der Waals surface area contributed by atoms with Gasteiger partial charge in [0, 0.05) is 91.2 Å². The molecular formula is C71H101N15O9S3. The van der Waals surface area contributed by atoms with Crippen molar-refractivity contribution < 1.29 is 44.1 Å². The number of carbonyl (C=O) groups is 6. The fraction of sp³-hybridized carbons (Fsp3) is 0.577. The normalized spacial score (nSPS) is 20.1. The van der Waals surface area contributed by atoms with Crippen LogP contribution in [-0.4, -0.2) is 188 Å². The summed E-state index contributed by atoms with van der Waals surface area (Å²) in [6.45, 7) is 33.4. The average molecular weight is 1400 g/mol. The fourth-order valence-electron chi connectivity index (χ4n) is 11.4. The minimum atomic E-state index is -0.697. The third-order valence-electron chi connectivity index (χ3n) is 18.8. The summed E-state index contributed by atoms with van der Waals surface area (Å²) in [4.78, 5) is 113. The van der Waals surface area contributed by atoms with Crippen molar-refractivity contribution in [1.82, 2.24) is 60.6 Å². The van der Waals surface area contributed by atoms with Gasteiger partial charge in [0.15, 0.2) is 15.0 Å². The summed E-state index contributed by atoms with van der Waals surface area (Å²) < 4.78 is 0. The second-order valence-corrected chi connectivity index (χ2v) is 30.0. The summed E-state index contributed by atoms with van der Waals surface area (Å²) >= 11 is 3.58. The van der Waals surface area contributed by atoms with E-state index in [1.54, 1.807) is 46.3 Å². The highest BCUT2D eigenvalue weighted by molar-refractivity contribution is 7.18. The molecule has 3 saturated heterocycles. The summed E-state index contributed by atoms with van der Waals surface area (Å²) in [7, 11) is 0. The van der Waals surface area contributed by atoms with Crippen LogP contribution in [0.15, 0.2) is 36.8 Å². The monoisotopic (exact) mass is 1400 g/mol. The van der Waals surface area contributed by atoms with Gasteiger partial charge in [0.2, 0.25) is 0 Å². The maximum atomic E-state index is 13.4. The molecule has 0 bridgehead atoms. The molecule has 6 aromatic rings. The van der Waals surface area contributed by atoms with Crippen LogP contribution in [0.3, 0.4) is 0 Å². The van der Waals surface area contributed by atoms with Gasteiger partial charge in [0.05, 0.1) is 51.1 Å². The van der Waals surface area contributed by atoms with E-state index in [-0.39, 0.29) is 74.2 Å². The number of aliphatic hydroxyl groups excluding tert-OH is 3. The molecule has 532 valence electrons. The van der Waals surface area contributed by atoms with E-state index in [1.165, 1.54) is 34.0 Å². The quantitative estimate of drug-likeness (QED) is 0.0288. The highest BCUT2D eigenvalue weighted by Gasteiger charge is 2.39. The number of thiazole rings is 3. The summed E-state index contributed by atoms with van der Waals surface area (Å²) in [6.07, 6.45) is 12.6. The largest absolute Gasteiger partial charge is 0.391 e. The average Bonchev–Trinajstić information content (AvgIpc) is 1.63. The van der Waals surface area contributed by atoms with Crippen molar-refractivity contribution in [3.8, 4) is 31.3 Å². The molecule has 0 spiro atoms. The van der Waals surface area contributed by atoms with Gasteiger partial charge in [-0.1, -0.05) is 20.8 Å². The Kier molecular flexibility index (Phi) is 26.4. The third-order valence-corrected chi connectivity index (χ3v) is 22.1. The number of anilines is 3. The zero-order valence-electron chi connectivity index (χ0n) is 59.6. The van der Waals surface area contributed by atoms with Crippen LogP contribution in [0.25, 0.3) is 31.3 Å². The molecule has 9 heterocycles. The minimum absolute atomic E-state index is 0.140. The SMILES string of the molecule is CC[C@@H](C)Nc1cc(C)c(-c2sc(C(=O)N[C@@H](C)[C@H](C)O)nc2C(=O)N2CCC[C@@H]2C)cn1.CC[C@@H](C)Nc1cc(C)c(-c2sc(C(=O)N[C@@H]3C[C@@H]3O)nc2C(=O)N2CCC[C@@H]2C)cn1.CC[C@@H](C)Nc1cc(C)c(-c2sc(C(=O)N[C@H](C)[C@@H](C)O)nc2C(=O)N2CCC[C@@H]2C)cn1. The fourth-order valence-corrected chi connectivity index (χ4v) is 14.5. The molecule has 1 saturated carbocycles. The Hall–Kier alpha value is -7.56. The van der Waals surface area contributed by atoms with Crippen molar-refractivity contribution in [2.45, 2.75) is 248 Å². The first-order valence-corrected chi connectivity index (χ1v) is 37.1. The van der Waals surface area contributed by atoms with Gasteiger partial charge in [0.25, 0.3) is 35.4 Å².